The molecule has 0 fully saturated rings. The van der Waals surface area contributed by atoms with Crippen molar-refractivity contribution in [3.63, 3.8) is 0 Å². The van der Waals surface area contributed by atoms with Crippen molar-refractivity contribution in [3.05, 3.63) is 23.8 Å². The predicted molar refractivity (Wildman–Crippen MR) is 124 cm³/mol. The second-order valence-electron chi connectivity index (χ2n) is 8.85. The first-order valence-electron chi connectivity index (χ1n) is 11.0. The molecule has 1 unspecified atom stereocenters. The lowest BCUT2D eigenvalue weighted by molar-refractivity contribution is -0.139. The number of ether oxygens (including phenoxy) is 2. The first kappa shape index (κ1) is 26.6. The Kier molecular flexibility index (Phi) is 9.77. The molecule has 0 spiro atoms. The molecule has 2 amide bonds. The van der Waals surface area contributed by atoms with Gasteiger partial charge < -0.3 is 41.0 Å². The lowest BCUT2D eigenvalue weighted by Crippen LogP contribution is -2.48. The molecule has 0 saturated heterocycles. The van der Waals surface area contributed by atoms with Gasteiger partial charge in [0, 0.05) is 25.7 Å². The number of carbonyl (C=O) groups is 3. The number of guanidine groups is 1. The van der Waals surface area contributed by atoms with Crippen LogP contribution in [0, 0.1) is 5.41 Å². The number of aromatic hydroxyl groups is 1. The van der Waals surface area contributed by atoms with Gasteiger partial charge >= 0.3 is 12.1 Å². The summed E-state index contributed by atoms with van der Waals surface area (Å²) in [5.74, 6) is -1.29. The van der Waals surface area contributed by atoms with E-state index in [2.05, 4.69) is 26.3 Å². The van der Waals surface area contributed by atoms with Crippen molar-refractivity contribution in [3.8, 4) is 11.5 Å². The second-order valence-corrected chi connectivity index (χ2v) is 8.85. The average molecular weight is 480 g/mol. The third-order valence-corrected chi connectivity index (χ3v) is 4.47. The summed E-state index contributed by atoms with van der Waals surface area (Å²) in [5, 5.41) is 30.3. The fraction of sp³-hybridized carbons (Fsp3) is 0.545. The van der Waals surface area contributed by atoms with Crippen molar-refractivity contribution in [2.24, 2.45) is 10.4 Å². The van der Waals surface area contributed by atoms with Crippen LogP contribution in [0.25, 0.3) is 0 Å². The smallest absolute Gasteiger partial charge is 0.407 e. The highest BCUT2D eigenvalue weighted by atomic mass is 16.5. The number of carboxylic acid groups (broad SMARTS) is 1. The minimum atomic E-state index is -1.41. The highest BCUT2D eigenvalue weighted by Gasteiger charge is 2.23. The van der Waals surface area contributed by atoms with Crippen LogP contribution >= 0.6 is 0 Å². The Bertz CT molecular complexity index is 898. The summed E-state index contributed by atoms with van der Waals surface area (Å²) in [6.45, 7) is 7.73. The molecule has 0 radical (unpaired) electrons. The van der Waals surface area contributed by atoms with Gasteiger partial charge in [0.25, 0.3) is 5.91 Å². The van der Waals surface area contributed by atoms with Crippen LogP contribution in [0.2, 0.25) is 0 Å². The number of benzene rings is 1. The van der Waals surface area contributed by atoms with E-state index in [1.807, 2.05) is 20.8 Å². The SMILES string of the molecule is CC(C)(C)COC(=O)NC(CNC(=O)c1ccc(OCCNC2=NCCCN2)cc1O)C(=O)O. The fourth-order valence-electron chi connectivity index (χ4n) is 2.74. The number of aliphatic imine (C=N–C) groups is 1. The van der Waals surface area contributed by atoms with Crippen LogP contribution in [0.4, 0.5) is 4.79 Å². The molecule has 1 aliphatic heterocycles. The van der Waals surface area contributed by atoms with Crippen molar-refractivity contribution in [2.45, 2.75) is 33.2 Å². The highest BCUT2D eigenvalue weighted by Crippen LogP contribution is 2.23. The molecule has 2 rings (SSSR count). The molecule has 34 heavy (non-hydrogen) atoms. The van der Waals surface area contributed by atoms with Gasteiger partial charge in [-0.1, -0.05) is 20.8 Å². The van der Waals surface area contributed by atoms with Gasteiger partial charge in [-0.15, -0.1) is 0 Å². The standard InChI is InChI=1S/C22H33N5O7/c1-22(2,3)13-34-21(32)27-16(19(30)31)12-26-18(29)15-6-5-14(11-17(15)28)33-10-9-25-20-23-7-4-8-24-20/h5-6,11,16,28H,4,7-10,12-13H2,1-3H3,(H,26,29)(H,27,32)(H,30,31)(H2,23,24,25). The zero-order valence-corrected chi connectivity index (χ0v) is 19.6. The molecule has 12 nitrogen and oxygen atoms in total. The Morgan fingerprint density at radius 2 is 2.03 bits per heavy atom. The quantitative estimate of drug-likeness (QED) is 0.264. The molecule has 188 valence electrons. The van der Waals surface area contributed by atoms with E-state index < -0.39 is 30.6 Å². The zero-order chi connectivity index (χ0) is 25.1. The van der Waals surface area contributed by atoms with Gasteiger partial charge in [-0.2, -0.15) is 0 Å². The number of phenolic OH excluding ortho intramolecular Hbond substituents is 1. The maximum Gasteiger partial charge on any atom is 0.407 e. The third kappa shape index (κ3) is 9.43. The van der Waals surface area contributed by atoms with Crippen LogP contribution in [0.15, 0.2) is 23.2 Å². The number of hydrogen-bond donors (Lipinski definition) is 6. The van der Waals surface area contributed by atoms with E-state index in [0.717, 1.165) is 25.5 Å². The number of phenols is 1. The van der Waals surface area contributed by atoms with Crippen LogP contribution in [0.3, 0.4) is 0 Å². The number of aliphatic carboxylic acids is 1. The van der Waals surface area contributed by atoms with Gasteiger partial charge in [0.2, 0.25) is 0 Å². The van der Waals surface area contributed by atoms with E-state index in [9.17, 15) is 24.6 Å². The van der Waals surface area contributed by atoms with Crippen LogP contribution < -0.4 is 26.0 Å². The van der Waals surface area contributed by atoms with Crippen LogP contribution in [0.5, 0.6) is 11.5 Å². The maximum absolute atomic E-state index is 12.4. The Morgan fingerprint density at radius 1 is 1.26 bits per heavy atom. The number of carbonyl (C=O) groups excluding carboxylic acids is 2. The number of nitrogens with one attached hydrogen (secondary N) is 4. The van der Waals surface area contributed by atoms with Gasteiger partial charge in [-0.05, 0) is 24.0 Å². The molecule has 12 heteroatoms. The largest absolute Gasteiger partial charge is 0.507 e. The molecule has 1 heterocycles. The van der Waals surface area contributed by atoms with E-state index in [0.29, 0.717) is 18.9 Å². The predicted octanol–water partition coefficient (Wildman–Crippen LogP) is 0.665. The van der Waals surface area contributed by atoms with E-state index in [1.54, 1.807) is 0 Å². The Labute approximate surface area is 198 Å². The number of amides is 2. The van der Waals surface area contributed by atoms with Crippen molar-refractivity contribution in [2.75, 3.05) is 39.4 Å². The normalized spacial score (nSPS) is 14.1. The lowest BCUT2D eigenvalue weighted by atomic mass is 9.99. The van der Waals surface area contributed by atoms with E-state index in [-0.39, 0.29) is 23.3 Å². The molecular weight excluding hydrogens is 446 g/mol. The molecule has 0 aliphatic carbocycles. The fourth-order valence-corrected chi connectivity index (χ4v) is 2.74. The van der Waals surface area contributed by atoms with Crippen molar-refractivity contribution < 1.29 is 34.1 Å². The van der Waals surface area contributed by atoms with Crippen LogP contribution in [0.1, 0.15) is 37.6 Å². The summed E-state index contributed by atoms with van der Waals surface area (Å²) in [7, 11) is 0. The topological polar surface area (TPSA) is 171 Å². The lowest BCUT2D eigenvalue weighted by Gasteiger charge is -2.20. The zero-order valence-electron chi connectivity index (χ0n) is 19.6. The van der Waals surface area contributed by atoms with Gasteiger partial charge in [-0.3, -0.25) is 9.79 Å². The molecule has 1 aliphatic rings. The number of carboxylic acids is 1. The minimum absolute atomic E-state index is 0.0642. The molecule has 0 aromatic heterocycles. The number of rotatable bonds is 10. The summed E-state index contributed by atoms with van der Waals surface area (Å²) in [6, 6.07) is 2.77. The third-order valence-electron chi connectivity index (χ3n) is 4.47. The van der Waals surface area contributed by atoms with E-state index in [4.69, 9.17) is 9.47 Å². The van der Waals surface area contributed by atoms with Crippen molar-refractivity contribution in [1.82, 2.24) is 21.3 Å². The molecule has 1 aromatic carbocycles. The molecule has 6 N–H and O–H groups in total. The van der Waals surface area contributed by atoms with Crippen LogP contribution in [-0.4, -0.2) is 79.6 Å². The summed E-state index contributed by atoms with van der Waals surface area (Å²) in [4.78, 5) is 39.9. The molecule has 0 saturated carbocycles. The molecular formula is C22H33N5O7. The monoisotopic (exact) mass is 479 g/mol. The van der Waals surface area contributed by atoms with Crippen molar-refractivity contribution >= 4 is 23.9 Å². The minimum Gasteiger partial charge on any atom is -0.507 e. The first-order chi connectivity index (χ1) is 16.0. The number of nitrogens with zero attached hydrogens (tertiary/aromatic N) is 1. The summed E-state index contributed by atoms with van der Waals surface area (Å²) in [5.41, 5.74) is -0.346. The highest BCUT2D eigenvalue weighted by molar-refractivity contribution is 5.97. The summed E-state index contributed by atoms with van der Waals surface area (Å²) >= 11 is 0. The van der Waals surface area contributed by atoms with Gasteiger partial charge in [0.1, 0.15) is 24.1 Å². The Balaban J connectivity index is 1.81. The first-order valence-corrected chi connectivity index (χ1v) is 11.0. The van der Waals surface area contributed by atoms with Gasteiger partial charge in [0.15, 0.2) is 5.96 Å². The van der Waals surface area contributed by atoms with E-state index in [1.165, 1.54) is 18.2 Å². The second kappa shape index (κ2) is 12.5. The number of alkyl carbamates (subject to hydrolysis) is 1. The van der Waals surface area contributed by atoms with Crippen molar-refractivity contribution in [1.29, 1.82) is 0 Å². The Morgan fingerprint density at radius 3 is 2.65 bits per heavy atom. The summed E-state index contributed by atoms with van der Waals surface area (Å²) in [6.07, 6.45) is 0.0972. The Hall–Kier alpha value is -3.70. The summed E-state index contributed by atoms with van der Waals surface area (Å²) < 4.78 is 10.5. The maximum atomic E-state index is 12.4. The van der Waals surface area contributed by atoms with Gasteiger partial charge in [0.05, 0.1) is 18.7 Å². The molecule has 1 atom stereocenters. The number of hydrogen-bond acceptors (Lipinski definition) is 9. The molecule has 0 bridgehead atoms. The van der Waals surface area contributed by atoms with E-state index >= 15 is 0 Å². The molecule has 1 aromatic rings. The van der Waals surface area contributed by atoms with Crippen LogP contribution in [-0.2, 0) is 9.53 Å². The average Bonchev–Trinajstić information content (AvgIpc) is 2.78. The van der Waals surface area contributed by atoms with Gasteiger partial charge in [-0.25, -0.2) is 9.59 Å².